The van der Waals surface area contributed by atoms with Crippen molar-refractivity contribution in [1.29, 1.82) is 0 Å². The summed E-state index contributed by atoms with van der Waals surface area (Å²) in [5, 5.41) is 8.55. The molecular weight excluding hydrogens is 327 g/mol. The fourth-order valence-corrected chi connectivity index (χ4v) is 5.02. The van der Waals surface area contributed by atoms with Crippen molar-refractivity contribution in [3.05, 3.63) is 12.2 Å². The molecule has 0 aromatic carbocycles. The van der Waals surface area contributed by atoms with Crippen LogP contribution < -0.4 is 0 Å². The number of hydrogen-bond donors (Lipinski definition) is 1. The first kappa shape index (κ1) is 18.8. The van der Waals surface area contributed by atoms with Crippen molar-refractivity contribution in [3.8, 4) is 0 Å². The van der Waals surface area contributed by atoms with Gasteiger partial charge in [-0.3, -0.25) is 0 Å². The molecular formula is C18H32O2Se. The van der Waals surface area contributed by atoms with Gasteiger partial charge in [-0.25, -0.2) is 0 Å². The van der Waals surface area contributed by atoms with E-state index in [9.17, 15) is 4.79 Å². The molecule has 0 radical (unpaired) electrons. The summed E-state index contributed by atoms with van der Waals surface area (Å²) < 4.78 is 0. The van der Waals surface area contributed by atoms with E-state index in [1.165, 1.54) is 57.8 Å². The van der Waals surface area contributed by atoms with Crippen LogP contribution in [0.1, 0.15) is 84.0 Å². The first-order valence-corrected chi connectivity index (χ1v) is 10.7. The third-order valence-electron chi connectivity index (χ3n) is 4.08. The van der Waals surface area contributed by atoms with Gasteiger partial charge < -0.3 is 0 Å². The van der Waals surface area contributed by atoms with Gasteiger partial charge in [-0.15, -0.1) is 0 Å². The first-order chi connectivity index (χ1) is 10.2. The van der Waals surface area contributed by atoms with Gasteiger partial charge in [-0.05, 0) is 0 Å². The minimum absolute atomic E-state index is 0.346. The Hall–Kier alpha value is -0.271. The molecule has 1 fully saturated rings. The van der Waals surface area contributed by atoms with Gasteiger partial charge in [-0.2, -0.15) is 0 Å². The molecule has 1 heterocycles. The Kier molecular flexibility index (Phi) is 11.0. The Labute approximate surface area is 136 Å². The normalized spacial score (nSPS) is 21.0. The fraction of sp³-hybridized carbons (Fsp3) is 0.833. The van der Waals surface area contributed by atoms with Gasteiger partial charge in [0.15, 0.2) is 0 Å². The topological polar surface area (TPSA) is 37.3 Å². The predicted octanol–water partition coefficient (Wildman–Crippen LogP) is 5.62. The molecule has 1 aliphatic rings. The van der Waals surface area contributed by atoms with Crippen molar-refractivity contribution in [2.75, 3.05) is 0 Å². The molecule has 2 atom stereocenters. The molecule has 0 aliphatic carbocycles. The van der Waals surface area contributed by atoms with E-state index >= 15 is 0 Å². The molecule has 122 valence electrons. The summed E-state index contributed by atoms with van der Waals surface area (Å²) >= 11 is 0.914. The van der Waals surface area contributed by atoms with Crippen LogP contribution in [0.3, 0.4) is 0 Å². The molecule has 1 N–H and O–H groups in total. The zero-order chi connectivity index (χ0) is 15.3. The Bertz CT molecular complexity index is 302. The first-order valence-electron chi connectivity index (χ1n) is 8.76. The van der Waals surface area contributed by atoms with Crippen molar-refractivity contribution in [2.24, 2.45) is 0 Å². The van der Waals surface area contributed by atoms with Crippen molar-refractivity contribution in [1.82, 2.24) is 0 Å². The van der Waals surface area contributed by atoms with Crippen LogP contribution in [0.15, 0.2) is 12.2 Å². The van der Waals surface area contributed by atoms with E-state index in [0.29, 0.717) is 6.42 Å². The predicted molar refractivity (Wildman–Crippen MR) is 91.1 cm³/mol. The van der Waals surface area contributed by atoms with Crippen LogP contribution in [0.4, 0.5) is 0 Å². The van der Waals surface area contributed by atoms with E-state index in [-0.39, 0.29) is 0 Å². The van der Waals surface area contributed by atoms with Crippen molar-refractivity contribution in [2.45, 2.75) is 93.6 Å². The average Bonchev–Trinajstić information content (AvgIpc) is 3.20. The molecule has 1 saturated heterocycles. The molecule has 0 aromatic rings. The molecule has 1 aliphatic heterocycles. The maximum absolute atomic E-state index is 10.4. The van der Waals surface area contributed by atoms with Crippen LogP contribution in [0.25, 0.3) is 0 Å². The van der Waals surface area contributed by atoms with Gasteiger partial charge in [0.25, 0.3) is 0 Å². The second kappa shape index (κ2) is 12.3. The summed E-state index contributed by atoms with van der Waals surface area (Å²) in [5.74, 6) is -0.652. The Morgan fingerprint density at radius 2 is 1.76 bits per heavy atom. The fourth-order valence-electron chi connectivity index (χ4n) is 2.65. The van der Waals surface area contributed by atoms with E-state index < -0.39 is 5.97 Å². The van der Waals surface area contributed by atoms with Crippen molar-refractivity contribution < 1.29 is 9.90 Å². The van der Waals surface area contributed by atoms with Gasteiger partial charge in [-0.1, -0.05) is 0 Å². The summed E-state index contributed by atoms with van der Waals surface area (Å²) in [6.07, 6.45) is 19.0. The number of aliphatic carboxylic acids is 1. The van der Waals surface area contributed by atoms with Crippen LogP contribution in [-0.4, -0.2) is 26.0 Å². The van der Waals surface area contributed by atoms with E-state index in [1.54, 1.807) is 0 Å². The van der Waals surface area contributed by atoms with Crippen LogP contribution in [-0.2, 0) is 4.79 Å². The van der Waals surface area contributed by atoms with Gasteiger partial charge in [0.05, 0.1) is 0 Å². The second-order valence-corrected chi connectivity index (χ2v) is 9.23. The van der Waals surface area contributed by atoms with Crippen LogP contribution in [0, 0.1) is 0 Å². The van der Waals surface area contributed by atoms with Gasteiger partial charge >= 0.3 is 137 Å². The zero-order valence-electron chi connectivity index (χ0n) is 13.6. The SMILES string of the molecule is CCCCC/C=C\CC1[Se]C1CCCCCCCC(=O)O. The van der Waals surface area contributed by atoms with Crippen LogP contribution in [0.2, 0.25) is 9.63 Å². The van der Waals surface area contributed by atoms with Gasteiger partial charge in [0.1, 0.15) is 0 Å². The summed E-state index contributed by atoms with van der Waals surface area (Å²) in [6.45, 7) is 2.26. The monoisotopic (exact) mass is 360 g/mol. The van der Waals surface area contributed by atoms with E-state index in [0.717, 1.165) is 37.4 Å². The molecule has 1 rings (SSSR count). The Morgan fingerprint density at radius 3 is 2.52 bits per heavy atom. The quantitative estimate of drug-likeness (QED) is 0.248. The van der Waals surface area contributed by atoms with E-state index in [4.69, 9.17) is 5.11 Å². The Morgan fingerprint density at radius 1 is 1.00 bits per heavy atom. The second-order valence-electron chi connectivity index (χ2n) is 6.12. The number of carbonyl (C=O) groups is 1. The number of carboxylic acid groups (broad SMARTS) is 1. The summed E-state index contributed by atoms with van der Waals surface area (Å²) in [4.78, 5) is 12.5. The third-order valence-corrected chi connectivity index (χ3v) is 7.16. The van der Waals surface area contributed by atoms with Crippen LogP contribution in [0.5, 0.6) is 0 Å². The third kappa shape index (κ3) is 11.0. The summed E-state index contributed by atoms with van der Waals surface area (Å²) in [5.41, 5.74) is 0. The summed E-state index contributed by atoms with van der Waals surface area (Å²) in [6, 6.07) is 0. The van der Waals surface area contributed by atoms with Gasteiger partial charge in [0.2, 0.25) is 0 Å². The Balaban J connectivity index is 1.83. The molecule has 0 spiro atoms. The molecule has 21 heavy (non-hydrogen) atoms. The zero-order valence-corrected chi connectivity index (χ0v) is 15.3. The molecule has 0 aromatic heterocycles. The van der Waals surface area contributed by atoms with E-state index in [1.807, 2.05) is 0 Å². The molecule has 0 amide bonds. The molecule has 2 nitrogen and oxygen atoms in total. The molecule has 0 saturated carbocycles. The summed E-state index contributed by atoms with van der Waals surface area (Å²) in [7, 11) is 0. The minimum atomic E-state index is -0.652. The molecule has 2 unspecified atom stereocenters. The average molecular weight is 359 g/mol. The number of carboxylic acids is 1. The molecule has 0 bridgehead atoms. The number of allylic oxidation sites excluding steroid dienone is 2. The standard InChI is InChI=1S/C18H32O2Se/c1-2-3-4-5-7-10-13-16-17(21-16)14-11-8-6-9-12-15-18(19)20/h7,10,16-17H,2-6,8-9,11-15H2,1H3,(H,19,20)/b10-7-. The number of unbranched alkanes of at least 4 members (excludes halogenated alkanes) is 7. The number of hydrogen-bond acceptors (Lipinski definition) is 1. The van der Waals surface area contributed by atoms with Crippen LogP contribution >= 0.6 is 0 Å². The molecule has 3 heteroatoms. The maximum atomic E-state index is 10.4. The van der Waals surface area contributed by atoms with Crippen molar-refractivity contribution in [3.63, 3.8) is 0 Å². The van der Waals surface area contributed by atoms with Gasteiger partial charge in [0, 0.05) is 0 Å². The van der Waals surface area contributed by atoms with Crippen molar-refractivity contribution >= 4 is 20.9 Å². The van der Waals surface area contributed by atoms with E-state index in [2.05, 4.69) is 19.1 Å². The number of rotatable bonds is 14.